The number of alkyl halides is 4. The molecule has 1 saturated heterocycles. The molecule has 194 valence electrons. The smallest absolute Gasteiger partial charge is 0.441 e. The van der Waals surface area contributed by atoms with Crippen molar-refractivity contribution in [1.82, 2.24) is 30.1 Å². The van der Waals surface area contributed by atoms with E-state index in [-0.39, 0.29) is 40.3 Å². The van der Waals surface area contributed by atoms with E-state index in [9.17, 15) is 22.4 Å². The first-order valence-corrected chi connectivity index (χ1v) is 11.2. The number of hydrogen-bond donors (Lipinski definition) is 3. The van der Waals surface area contributed by atoms with Gasteiger partial charge in [0.25, 0.3) is 0 Å². The lowest BCUT2D eigenvalue weighted by molar-refractivity contribution is -0.330. The van der Waals surface area contributed by atoms with Gasteiger partial charge in [-0.05, 0) is 25.8 Å². The standard InChI is InChI=1S/C20H20ClF4N7O4/c1-19(2-3-19)28-18(33)36-12-8-34-16(15(12)22)10-5-14(30-29-10)27-17-11-4-9(7-35-20(23,24)25)31-32(11)6-13(21)26-17/h4-6,12,15-16H,2-3,7-8H2,1H3,(H,28,33)(H2,26,27,29,30)/t12-,15+,16-/m0/s1. The van der Waals surface area contributed by atoms with E-state index in [1.54, 1.807) is 0 Å². The Kier molecular flexibility index (Phi) is 6.16. The molecular weight excluding hydrogens is 514 g/mol. The lowest BCUT2D eigenvalue weighted by Crippen LogP contribution is -2.39. The molecule has 1 aliphatic heterocycles. The molecule has 5 rings (SSSR count). The summed E-state index contributed by atoms with van der Waals surface area (Å²) in [5.74, 6) is 0.345. The molecule has 36 heavy (non-hydrogen) atoms. The Morgan fingerprint density at radius 1 is 1.39 bits per heavy atom. The van der Waals surface area contributed by atoms with Crippen molar-refractivity contribution in [3.05, 3.63) is 34.9 Å². The molecule has 0 aromatic carbocycles. The Bertz CT molecular complexity index is 1280. The molecule has 1 saturated carbocycles. The summed E-state index contributed by atoms with van der Waals surface area (Å²) in [5, 5.41) is 16.3. The van der Waals surface area contributed by atoms with Gasteiger partial charge in [-0.25, -0.2) is 18.7 Å². The van der Waals surface area contributed by atoms with Crippen molar-refractivity contribution in [2.24, 2.45) is 0 Å². The molecule has 3 atom stereocenters. The molecule has 1 amide bonds. The zero-order valence-corrected chi connectivity index (χ0v) is 19.4. The summed E-state index contributed by atoms with van der Waals surface area (Å²) in [6.45, 7) is 0.941. The SMILES string of the molecule is CC1(NC(=O)O[C@H]2CO[C@@H](c3cc(Nc4nc(Cl)cn5nc(COC(F)(F)F)cc45)n[nH]3)[C@@H]2F)CC1. The van der Waals surface area contributed by atoms with Crippen molar-refractivity contribution < 1.29 is 36.6 Å². The molecular formula is C20H20ClF4N7O4. The van der Waals surface area contributed by atoms with Crippen LogP contribution in [0, 0.1) is 0 Å². The predicted molar refractivity (Wildman–Crippen MR) is 115 cm³/mol. The molecule has 3 aromatic heterocycles. The van der Waals surface area contributed by atoms with Crippen LogP contribution in [0.25, 0.3) is 5.52 Å². The molecule has 3 N–H and O–H groups in total. The number of carbonyl (C=O) groups is 1. The first kappa shape index (κ1) is 24.5. The first-order valence-electron chi connectivity index (χ1n) is 10.8. The summed E-state index contributed by atoms with van der Waals surface area (Å²) >= 11 is 6.01. The van der Waals surface area contributed by atoms with E-state index >= 15 is 0 Å². The number of aromatic nitrogens is 5. The maximum atomic E-state index is 15.0. The average Bonchev–Trinajstić information content (AvgIpc) is 3.12. The average molecular weight is 534 g/mol. The van der Waals surface area contributed by atoms with Crippen LogP contribution in [0.4, 0.5) is 34.0 Å². The molecule has 2 fully saturated rings. The van der Waals surface area contributed by atoms with Crippen molar-refractivity contribution >= 4 is 34.8 Å². The fraction of sp³-hybridized carbons (Fsp3) is 0.500. The van der Waals surface area contributed by atoms with Gasteiger partial charge in [-0.1, -0.05) is 11.6 Å². The fourth-order valence-electron chi connectivity index (χ4n) is 3.66. The van der Waals surface area contributed by atoms with Crippen LogP contribution in [-0.2, 0) is 20.8 Å². The molecule has 4 heterocycles. The van der Waals surface area contributed by atoms with Crippen LogP contribution in [0.2, 0.25) is 5.15 Å². The Morgan fingerprint density at radius 3 is 2.89 bits per heavy atom. The molecule has 1 aliphatic carbocycles. The van der Waals surface area contributed by atoms with Crippen LogP contribution < -0.4 is 10.6 Å². The minimum Gasteiger partial charge on any atom is -0.441 e. The van der Waals surface area contributed by atoms with Crippen LogP contribution in [-0.4, -0.2) is 61.7 Å². The Balaban J connectivity index is 1.26. The number of amides is 1. The third kappa shape index (κ3) is 5.47. The van der Waals surface area contributed by atoms with Crippen molar-refractivity contribution in [2.45, 2.75) is 56.7 Å². The van der Waals surface area contributed by atoms with Gasteiger partial charge in [-0.15, -0.1) is 13.2 Å². The summed E-state index contributed by atoms with van der Waals surface area (Å²) < 4.78 is 67.8. The molecule has 16 heteroatoms. The number of hydrogen-bond acceptors (Lipinski definition) is 8. The van der Waals surface area contributed by atoms with E-state index in [2.05, 4.69) is 35.7 Å². The van der Waals surface area contributed by atoms with Gasteiger partial charge in [0.05, 0.1) is 24.2 Å². The lowest BCUT2D eigenvalue weighted by atomic mass is 10.1. The molecule has 0 radical (unpaired) electrons. The van der Waals surface area contributed by atoms with Crippen molar-refractivity contribution in [2.75, 3.05) is 11.9 Å². The van der Waals surface area contributed by atoms with Crippen LogP contribution in [0.1, 0.15) is 37.3 Å². The van der Waals surface area contributed by atoms with E-state index < -0.39 is 37.4 Å². The number of anilines is 2. The molecule has 3 aromatic rings. The van der Waals surface area contributed by atoms with Gasteiger partial charge in [-0.2, -0.15) is 10.2 Å². The number of nitrogens with one attached hydrogen (secondary N) is 3. The van der Waals surface area contributed by atoms with Gasteiger partial charge in [0.1, 0.15) is 23.4 Å². The van der Waals surface area contributed by atoms with Gasteiger partial charge < -0.3 is 20.1 Å². The Hall–Kier alpha value is -3.17. The van der Waals surface area contributed by atoms with Crippen molar-refractivity contribution in [3.8, 4) is 0 Å². The van der Waals surface area contributed by atoms with Crippen molar-refractivity contribution in [1.29, 1.82) is 0 Å². The number of rotatable bonds is 7. The summed E-state index contributed by atoms with van der Waals surface area (Å²) in [7, 11) is 0. The normalized spacial score (nSPS) is 23.1. The third-order valence-electron chi connectivity index (χ3n) is 5.76. The molecule has 0 unspecified atom stereocenters. The second-order valence-electron chi connectivity index (χ2n) is 8.77. The minimum absolute atomic E-state index is 0.00690. The Labute approximate surface area is 205 Å². The second-order valence-corrected chi connectivity index (χ2v) is 9.16. The van der Waals surface area contributed by atoms with E-state index in [4.69, 9.17) is 21.1 Å². The van der Waals surface area contributed by atoms with Gasteiger partial charge >= 0.3 is 12.5 Å². The van der Waals surface area contributed by atoms with E-state index in [0.29, 0.717) is 5.52 Å². The quantitative estimate of drug-likeness (QED) is 0.390. The number of fused-ring (bicyclic) bond motifs is 1. The summed E-state index contributed by atoms with van der Waals surface area (Å²) in [4.78, 5) is 16.1. The van der Waals surface area contributed by atoms with E-state index in [1.165, 1.54) is 22.8 Å². The Morgan fingerprint density at radius 2 is 2.17 bits per heavy atom. The highest BCUT2D eigenvalue weighted by atomic mass is 35.5. The zero-order chi connectivity index (χ0) is 25.7. The zero-order valence-electron chi connectivity index (χ0n) is 18.6. The lowest BCUT2D eigenvalue weighted by Gasteiger charge is -2.17. The maximum Gasteiger partial charge on any atom is 0.522 e. The largest absolute Gasteiger partial charge is 0.522 e. The number of ether oxygens (including phenoxy) is 3. The second kappa shape index (κ2) is 9.05. The number of halogens is 5. The molecule has 0 bridgehead atoms. The molecule has 0 spiro atoms. The van der Waals surface area contributed by atoms with Gasteiger partial charge in [-0.3, -0.25) is 9.84 Å². The third-order valence-corrected chi connectivity index (χ3v) is 5.94. The van der Waals surface area contributed by atoms with E-state index in [0.717, 1.165) is 12.8 Å². The number of alkyl carbamates (subject to hydrolysis) is 1. The van der Waals surface area contributed by atoms with Gasteiger partial charge in [0, 0.05) is 11.6 Å². The maximum absolute atomic E-state index is 15.0. The highest BCUT2D eigenvalue weighted by Crippen LogP contribution is 2.36. The topological polar surface area (TPSA) is 128 Å². The first-order chi connectivity index (χ1) is 17.0. The van der Waals surface area contributed by atoms with Gasteiger partial charge in [0.2, 0.25) is 0 Å². The van der Waals surface area contributed by atoms with Crippen molar-refractivity contribution in [3.63, 3.8) is 0 Å². The molecule has 11 nitrogen and oxygen atoms in total. The van der Waals surface area contributed by atoms with Crippen LogP contribution in [0.15, 0.2) is 18.3 Å². The fourth-order valence-corrected chi connectivity index (χ4v) is 3.84. The number of nitrogens with zero attached hydrogens (tertiary/aromatic N) is 4. The number of carbonyl (C=O) groups excluding carboxylic acids is 1. The van der Waals surface area contributed by atoms with Crippen LogP contribution in [0.3, 0.4) is 0 Å². The summed E-state index contributed by atoms with van der Waals surface area (Å²) in [5.41, 5.74) is 0.269. The number of H-pyrrole nitrogens is 1. The minimum atomic E-state index is -4.81. The summed E-state index contributed by atoms with van der Waals surface area (Å²) in [6.07, 6.45) is -6.30. The molecule has 2 aliphatic rings. The van der Waals surface area contributed by atoms with E-state index in [1.807, 2.05) is 6.92 Å². The summed E-state index contributed by atoms with van der Waals surface area (Å²) in [6, 6.07) is 2.81. The van der Waals surface area contributed by atoms with Crippen LogP contribution in [0.5, 0.6) is 0 Å². The number of aromatic amines is 1. The highest BCUT2D eigenvalue weighted by molar-refractivity contribution is 6.29. The van der Waals surface area contributed by atoms with Gasteiger partial charge in [0.15, 0.2) is 23.9 Å². The monoisotopic (exact) mass is 533 g/mol. The highest BCUT2D eigenvalue weighted by Gasteiger charge is 2.44. The predicted octanol–water partition coefficient (Wildman–Crippen LogP) is 3.94. The van der Waals surface area contributed by atoms with Crippen LogP contribution >= 0.6 is 11.6 Å².